The fourth-order valence-corrected chi connectivity index (χ4v) is 2.51. The third kappa shape index (κ3) is 3.07. The van der Waals surface area contributed by atoms with Crippen LogP contribution in [0.3, 0.4) is 0 Å². The number of ether oxygens (including phenoxy) is 2. The van der Waals surface area contributed by atoms with Crippen molar-refractivity contribution in [3.05, 3.63) is 47.8 Å². The summed E-state index contributed by atoms with van der Waals surface area (Å²) in [6, 6.07) is 7.40. The number of para-hydroxylation sites is 1. The molecule has 2 heterocycles. The van der Waals surface area contributed by atoms with E-state index in [1.54, 1.807) is 31.2 Å². The molecule has 9 heteroatoms. The van der Waals surface area contributed by atoms with Gasteiger partial charge in [-0.15, -0.1) is 0 Å². The number of halogens is 3. The molecule has 0 amide bonds. The van der Waals surface area contributed by atoms with Gasteiger partial charge in [0.2, 0.25) is 0 Å². The molecular formula is C17H14F3N3O3. The number of nitrogens with zero attached hydrogens (tertiary/aromatic N) is 3. The lowest BCUT2D eigenvalue weighted by atomic mass is 10.1. The van der Waals surface area contributed by atoms with Crippen molar-refractivity contribution >= 4 is 11.6 Å². The largest absolute Gasteiger partial charge is 0.496 e. The molecule has 3 aromatic rings. The van der Waals surface area contributed by atoms with Crippen molar-refractivity contribution in [3.63, 3.8) is 0 Å². The number of methoxy groups -OCH3 is 1. The second kappa shape index (κ2) is 6.66. The van der Waals surface area contributed by atoms with E-state index in [1.807, 2.05) is 0 Å². The topological polar surface area (TPSA) is 65.7 Å². The van der Waals surface area contributed by atoms with Crippen LogP contribution >= 0.6 is 0 Å². The molecular weight excluding hydrogens is 351 g/mol. The number of rotatable bonds is 4. The molecule has 26 heavy (non-hydrogen) atoms. The Hall–Kier alpha value is -3.10. The van der Waals surface area contributed by atoms with Crippen LogP contribution < -0.4 is 4.74 Å². The zero-order valence-corrected chi connectivity index (χ0v) is 13.9. The second-order valence-corrected chi connectivity index (χ2v) is 5.24. The first kappa shape index (κ1) is 17.7. The van der Waals surface area contributed by atoms with Crippen molar-refractivity contribution in [1.29, 1.82) is 0 Å². The van der Waals surface area contributed by atoms with Gasteiger partial charge in [0.05, 0.1) is 25.6 Å². The van der Waals surface area contributed by atoms with Crippen molar-refractivity contribution in [2.75, 3.05) is 13.7 Å². The molecule has 6 nitrogen and oxygen atoms in total. The van der Waals surface area contributed by atoms with Gasteiger partial charge in [0.1, 0.15) is 11.3 Å². The van der Waals surface area contributed by atoms with Crippen LogP contribution in [-0.4, -0.2) is 34.3 Å². The van der Waals surface area contributed by atoms with Crippen LogP contribution in [0.2, 0.25) is 0 Å². The SMILES string of the molecule is CCOC(=O)c1cnn2c(C(F)(F)F)cc(-c3ccccc3OC)nc12. The molecule has 0 saturated carbocycles. The Balaban J connectivity index is 2.31. The quantitative estimate of drug-likeness (QED) is 0.661. The Bertz CT molecular complexity index is 967. The highest BCUT2D eigenvalue weighted by molar-refractivity contribution is 5.96. The highest BCUT2D eigenvalue weighted by atomic mass is 19.4. The van der Waals surface area contributed by atoms with Gasteiger partial charge in [-0.3, -0.25) is 0 Å². The average molecular weight is 365 g/mol. The molecule has 0 saturated heterocycles. The molecule has 0 N–H and O–H groups in total. The summed E-state index contributed by atoms with van der Waals surface area (Å²) in [4.78, 5) is 16.2. The van der Waals surface area contributed by atoms with Crippen molar-refractivity contribution in [3.8, 4) is 17.0 Å². The molecule has 0 aliphatic heterocycles. The third-order valence-corrected chi connectivity index (χ3v) is 3.64. The number of aromatic nitrogens is 3. The number of hydrogen-bond acceptors (Lipinski definition) is 5. The average Bonchev–Trinajstić information content (AvgIpc) is 3.04. The van der Waals surface area contributed by atoms with Crippen molar-refractivity contribution < 1.29 is 27.4 Å². The molecule has 3 rings (SSSR count). The lowest BCUT2D eigenvalue weighted by molar-refractivity contribution is -0.142. The zero-order valence-electron chi connectivity index (χ0n) is 13.9. The maximum atomic E-state index is 13.5. The van der Waals surface area contributed by atoms with Gasteiger partial charge < -0.3 is 9.47 Å². The first-order valence-electron chi connectivity index (χ1n) is 7.63. The summed E-state index contributed by atoms with van der Waals surface area (Å²) >= 11 is 0. The van der Waals surface area contributed by atoms with E-state index >= 15 is 0 Å². The summed E-state index contributed by atoms with van der Waals surface area (Å²) < 4.78 is 51.2. The van der Waals surface area contributed by atoms with Crippen molar-refractivity contribution in [2.24, 2.45) is 0 Å². The molecule has 0 bridgehead atoms. The number of carbonyl (C=O) groups is 1. The Morgan fingerprint density at radius 1 is 1.27 bits per heavy atom. The van der Waals surface area contributed by atoms with E-state index in [1.165, 1.54) is 7.11 Å². The van der Waals surface area contributed by atoms with Gasteiger partial charge >= 0.3 is 12.1 Å². The maximum Gasteiger partial charge on any atom is 0.433 e. The molecule has 0 atom stereocenters. The molecule has 0 aliphatic carbocycles. The molecule has 0 radical (unpaired) electrons. The molecule has 2 aromatic heterocycles. The predicted molar refractivity (Wildman–Crippen MR) is 85.9 cm³/mol. The summed E-state index contributed by atoms with van der Waals surface area (Å²) in [6.45, 7) is 1.67. The number of esters is 1. The predicted octanol–water partition coefficient (Wildman–Crippen LogP) is 3.60. The van der Waals surface area contributed by atoms with Crippen LogP contribution in [0.15, 0.2) is 36.5 Å². The van der Waals surface area contributed by atoms with Gasteiger partial charge in [0, 0.05) is 5.56 Å². The number of benzene rings is 1. The Morgan fingerprint density at radius 2 is 2.00 bits per heavy atom. The van der Waals surface area contributed by atoms with Crippen LogP contribution in [0.25, 0.3) is 16.9 Å². The minimum Gasteiger partial charge on any atom is -0.496 e. The van der Waals surface area contributed by atoms with Gasteiger partial charge in [0.15, 0.2) is 11.3 Å². The number of carbonyl (C=O) groups excluding carboxylic acids is 1. The summed E-state index contributed by atoms with van der Waals surface area (Å²) in [5, 5.41) is 3.67. The van der Waals surface area contributed by atoms with Crippen LogP contribution in [0.5, 0.6) is 5.75 Å². The first-order valence-corrected chi connectivity index (χ1v) is 7.63. The van der Waals surface area contributed by atoms with Gasteiger partial charge in [-0.2, -0.15) is 18.3 Å². The van der Waals surface area contributed by atoms with Crippen LogP contribution in [0.4, 0.5) is 13.2 Å². The number of hydrogen-bond donors (Lipinski definition) is 0. The first-order chi connectivity index (χ1) is 12.4. The lowest BCUT2D eigenvalue weighted by Crippen LogP contribution is -2.14. The van der Waals surface area contributed by atoms with E-state index in [0.29, 0.717) is 15.8 Å². The van der Waals surface area contributed by atoms with E-state index in [2.05, 4.69) is 10.1 Å². The maximum absolute atomic E-state index is 13.5. The fourth-order valence-electron chi connectivity index (χ4n) is 2.51. The van der Waals surface area contributed by atoms with Crippen LogP contribution in [0.1, 0.15) is 23.0 Å². The molecule has 1 aromatic carbocycles. The highest BCUT2D eigenvalue weighted by Crippen LogP contribution is 2.35. The summed E-state index contributed by atoms with van der Waals surface area (Å²) in [5.41, 5.74) is -1.07. The summed E-state index contributed by atoms with van der Waals surface area (Å²) in [7, 11) is 1.41. The minimum atomic E-state index is -4.70. The third-order valence-electron chi connectivity index (χ3n) is 3.64. The van der Waals surface area contributed by atoms with Gasteiger partial charge in [-0.1, -0.05) is 12.1 Å². The summed E-state index contributed by atoms with van der Waals surface area (Å²) in [5.74, 6) is -0.435. The van der Waals surface area contributed by atoms with Crippen LogP contribution in [-0.2, 0) is 10.9 Å². The van der Waals surface area contributed by atoms with E-state index in [9.17, 15) is 18.0 Å². The standard InChI is InChI=1S/C17H14F3N3O3/c1-3-26-16(24)11-9-21-23-14(17(18,19)20)8-12(22-15(11)23)10-6-4-5-7-13(10)25-2/h4-9H,3H2,1-2H3. The normalized spacial score (nSPS) is 11.6. The number of fused-ring (bicyclic) bond motifs is 1. The molecule has 0 spiro atoms. The van der Waals surface area contributed by atoms with E-state index in [-0.39, 0.29) is 23.5 Å². The van der Waals surface area contributed by atoms with E-state index in [4.69, 9.17) is 9.47 Å². The van der Waals surface area contributed by atoms with E-state index in [0.717, 1.165) is 12.3 Å². The van der Waals surface area contributed by atoms with Gasteiger partial charge in [-0.05, 0) is 25.1 Å². The minimum absolute atomic E-state index is 0.00771. The second-order valence-electron chi connectivity index (χ2n) is 5.24. The lowest BCUT2D eigenvalue weighted by Gasteiger charge is -2.13. The fraction of sp³-hybridized carbons (Fsp3) is 0.235. The van der Waals surface area contributed by atoms with Crippen LogP contribution in [0, 0.1) is 0 Å². The van der Waals surface area contributed by atoms with Crippen molar-refractivity contribution in [1.82, 2.24) is 14.6 Å². The smallest absolute Gasteiger partial charge is 0.433 e. The number of alkyl halides is 3. The molecule has 0 aliphatic rings. The highest BCUT2D eigenvalue weighted by Gasteiger charge is 2.36. The van der Waals surface area contributed by atoms with Gasteiger partial charge in [-0.25, -0.2) is 14.3 Å². The molecule has 136 valence electrons. The molecule has 0 fully saturated rings. The Labute approximate surface area is 146 Å². The Morgan fingerprint density at radius 3 is 2.65 bits per heavy atom. The monoisotopic (exact) mass is 365 g/mol. The Kier molecular flexibility index (Phi) is 4.54. The van der Waals surface area contributed by atoms with Gasteiger partial charge in [0.25, 0.3) is 0 Å². The van der Waals surface area contributed by atoms with E-state index < -0.39 is 17.8 Å². The zero-order chi connectivity index (χ0) is 18.9. The van der Waals surface area contributed by atoms with Crippen molar-refractivity contribution in [2.45, 2.75) is 13.1 Å². The summed E-state index contributed by atoms with van der Waals surface area (Å²) in [6.07, 6.45) is -3.68. The molecule has 0 unspecified atom stereocenters.